The van der Waals surface area contributed by atoms with Gasteiger partial charge in [-0.05, 0) is 41.4 Å². The summed E-state index contributed by atoms with van der Waals surface area (Å²) in [6.07, 6.45) is 1.95. The highest BCUT2D eigenvalue weighted by molar-refractivity contribution is 9.10. The van der Waals surface area contributed by atoms with E-state index in [0.29, 0.717) is 5.82 Å². The lowest BCUT2D eigenvalue weighted by Crippen LogP contribution is -2.04. The molecule has 0 unspecified atom stereocenters. The summed E-state index contributed by atoms with van der Waals surface area (Å²) in [5.74, 6) is 2.06. The van der Waals surface area contributed by atoms with Crippen molar-refractivity contribution in [3.63, 3.8) is 0 Å². The summed E-state index contributed by atoms with van der Waals surface area (Å²) in [5, 5.41) is 0. The third-order valence-corrected chi connectivity index (χ3v) is 4.74. The zero-order chi connectivity index (χ0) is 14.5. The van der Waals surface area contributed by atoms with Gasteiger partial charge in [-0.2, -0.15) is 0 Å². The molecule has 0 fully saturated rings. The first-order valence-corrected chi connectivity index (χ1v) is 8.38. The maximum Gasteiger partial charge on any atom is 0.141 e. The Labute approximate surface area is 132 Å². The number of rotatable bonds is 5. The van der Waals surface area contributed by atoms with Crippen LogP contribution >= 0.6 is 27.7 Å². The molecule has 2 rings (SSSR count). The Morgan fingerprint density at radius 1 is 1.20 bits per heavy atom. The Hall–Kier alpha value is -1.07. The quantitative estimate of drug-likeness (QED) is 0.812. The molecule has 0 saturated heterocycles. The summed E-state index contributed by atoms with van der Waals surface area (Å²) in [6, 6.07) is 8.47. The number of halogens is 1. The van der Waals surface area contributed by atoms with E-state index in [1.807, 2.05) is 0 Å². The van der Waals surface area contributed by atoms with E-state index in [0.717, 1.165) is 34.6 Å². The van der Waals surface area contributed by atoms with Gasteiger partial charge in [-0.25, -0.2) is 9.97 Å². The van der Waals surface area contributed by atoms with Crippen LogP contribution in [0.4, 0.5) is 5.82 Å². The van der Waals surface area contributed by atoms with Crippen LogP contribution in [0.3, 0.4) is 0 Å². The van der Waals surface area contributed by atoms with Gasteiger partial charge >= 0.3 is 0 Å². The molecule has 0 spiro atoms. The van der Waals surface area contributed by atoms with E-state index in [9.17, 15) is 0 Å². The second kappa shape index (κ2) is 7.09. The number of thioether (sulfide) groups is 1. The SMILES string of the molecule is CCCc1nc(CSc2ccc(C)cc2)nc(N)c1Br. The van der Waals surface area contributed by atoms with Crippen LogP contribution in [0.15, 0.2) is 33.6 Å². The molecule has 106 valence electrons. The summed E-state index contributed by atoms with van der Waals surface area (Å²) < 4.78 is 0.837. The van der Waals surface area contributed by atoms with Crippen molar-refractivity contribution in [3.8, 4) is 0 Å². The van der Waals surface area contributed by atoms with Crippen molar-refractivity contribution in [2.45, 2.75) is 37.3 Å². The number of benzene rings is 1. The molecule has 0 aliphatic heterocycles. The highest BCUT2D eigenvalue weighted by Crippen LogP contribution is 2.26. The number of nitrogens with zero attached hydrogens (tertiary/aromatic N) is 2. The molecule has 0 saturated carbocycles. The lowest BCUT2D eigenvalue weighted by molar-refractivity contribution is 0.848. The van der Waals surface area contributed by atoms with Crippen molar-refractivity contribution in [2.24, 2.45) is 0 Å². The summed E-state index contributed by atoms with van der Waals surface area (Å²) in [7, 11) is 0. The molecule has 0 atom stereocenters. The second-order valence-electron chi connectivity index (χ2n) is 4.64. The number of aryl methyl sites for hydroxylation is 2. The van der Waals surface area contributed by atoms with Crippen molar-refractivity contribution in [1.29, 1.82) is 0 Å². The predicted molar refractivity (Wildman–Crippen MR) is 88.9 cm³/mol. The molecule has 0 bridgehead atoms. The maximum absolute atomic E-state index is 5.93. The smallest absolute Gasteiger partial charge is 0.141 e. The standard InChI is InChI=1S/C15H18BrN3S/c1-3-4-12-14(16)15(17)19-13(18-12)9-20-11-7-5-10(2)6-8-11/h5-8H,3-4,9H2,1-2H3,(H2,17,18,19). The minimum Gasteiger partial charge on any atom is -0.383 e. The largest absolute Gasteiger partial charge is 0.383 e. The van der Waals surface area contributed by atoms with Gasteiger partial charge in [-0.1, -0.05) is 31.0 Å². The number of anilines is 1. The van der Waals surface area contributed by atoms with E-state index >= 15 is 0 Å². The first-order chi connectivity index (χ1) is 9.60. The first kappa shape index (κ1) is 15.3. The first-order valence-electron chi connectivity index (χ1n) is 6.60. The van der Waals surface area contributed by atoms with E-state index in [1.165, 1.54) is 10.5 Å². The molecular weight excluding hydrogens is 334 g/mol. The van der Waals surface area contributed by atoms with E-state index in [1.54, 1.807) is 11.8 Å². The van der Waals surface area contributed by atoms with Gasteiger partial charge in [0.25, 0.3) is 0 Å². The van der Waals surface area contributed by atoms with Gasteiger partial charge in [0.05, 0.1) is 15.9 Å². The minimum absolute atomic E-state index is 0.531. The fraction of sp³-hybridized carbons (Fsp3) is 0.333. The fourth-order valence-electron chi connectivity index (χ4n) is 1.82. The van der Waals surface area contributed by atoms with Crippen LogP contribution in [-0.2, 0) is 12.2 Å². The number of nitrogens with two attached hydrogens (primary N) is 1. The predicted octanol–water partition coefficient (Wildman–Crippen LogP) is 4.37. The summed E-state index contributed by atoms with van der Waals surface area (Å²) in [6.45, 7) is 4.22. The average molecular weight is 352 g/mol. The third-order valence-electron chi connectivity index (χ3n) is 2.87. The van der Waals surface area contributed by atoms with Crippen molar-refractivity contribution in [3.05, 3.63) is 45.8 Å². The molecule has 5 heteroatoms. The van der Waals surface area contributed by atoms with Gasteiger partial charge < -0.3 is 5.73 Å². The molecule has 0 amide bonds. The Morgan fingerprint density at radius 2 is 1.90 bits per heavy atom. The summed E-state index contributed by atoms with van der Waals surface area (Å²) in [4.78, 5) is 10.2. The van der Waals surface area contributed by atoms with E-state index in [4.69, 9.17) is 5.73 Å². The molecule has 0 radical (unpaired) electrons. The minimum atomic E-state index is 0.531. The van der Waals surface area contributed by atoms with Crippen LogP contribution in [0.1, 0.15) is 30.4 Å². The number of aromatic nitrogens is 2. The van der Waals surface area contributed by atoms with Gasteiger partial charge in [0.2, 0.25) is 0 Å². The van der Waals surface area contributed by atoms with Crippen LogP contribution in [0.5, 0.6) is 0 Å². The van der Waals surface area contributed by atoms with Crippen LogP contribution in [-0.4, -0.2) is 9.97 Å². The monoisotopic (exact) mass is 351 g/mol. The Kier molecular flexibility index (Phi) is 5.43. The van der Waals surface area contributed by atoms with Crippen molar-refractivity contribution >= 4 is 33.5 Å². The van der Waals surface area contributed by atoms with Gasteiger partial charge in [-0.15, -0.1) is 11.8 Å². The zero-order valence-electron chi connectivity index (χ0n) is 11.7. The highest BCUT2D eigenvalue weighted by atomic mass is 79.9. The Balaban J connectivity index is 2.11. The molecule has 1 heterocycles. The molecule has 1 aromatic carbocycles. The van der Waals surface area contributed by atoms with Gasteiger partial charge in [0, 0.05) is 4.90 Å². The fourth-order valence-corrected chi connectivity index (χ4v) is 2.94. The normalized spacial score (nSPS) is 10.8. The summed E-state index contributed by atoms with van der Waals surface area (Å²) >= 11 is 5.19. The van der Waals surface area contributed by atoms with Crippen molar-refractivity contribution in [1.82, 2.24) is 9.97 Å². The van der Waals surface area contributed by atoms with Gasteiger partial charge in [0.15, 0.2) is 0 Å². The average Bonchev–Trinajstić information content (AvgIpc) is 2.44. The zero-order valence-corrected chi connectivity index (χ0v) is 14.1. The molecule has 0 aliphatic rings. The highest BCUT2D eigenvalue weighted by Gasteiger charge is 2.09. The van der Waals surface area contributed by atoms with E-state index in [-0.39, 0.29) is 0 Å². The van der Waals surface area contributed by atoms with E-state index < -0.39 is 0 Å². The van der Waals surface area contributed by atoms with Gasteiger partial charge in [-0.3, -0.25) is 0 Å². The lowest BCUT2D eigenvalue weighted by Gasteiger charge is -2.08. The molecule has 0 aliphatic carbocycles. The Morgan fingerprint density at radius 3 is 2.55 bits per heavy atom. The Bertz CT molecular complexity index is 584. The number of hydrogen-bond donors (Lipinski definition) is 1. The molecule has 2 N–H and O–H groups in total. The third kappa shape index (κ3) is 3.96. The van der Waals surface area contributed by atoms with E-state index in [2.05, 4.69) is 64.0 Å². The number of nitrogen functional groups attached to an aromatic ring is 1. The molecule has 20 heavy (non-hydrogen) atoms. The lowest BCUT2D eigenvalue weighted by atomic mass is 10.2. The molecule has 2 aromatic rings. The van der Waals surface area contributed by atoms with Crippen molar-refractivity contribution in [2.75, 3.05) is 5.73 Å². The summed E-state index contributed by atoms with van der Waals surface area (Å²) in [5.41, 5.74) is 8.20. The number of hydrogen-bond acceptors (Lipinski definition) is 4. The van der Waals surface area contributed by atoms with Crippen LogP contribution in [0.2, 0.25) is 0 Å². The second-order valence-corrected chi connectivity index (χ2v) is 6.48. The molecule has 3 nitrogen and oxygen atoms in total. The molecular formula is C15H18BrN3S. The molecule has 1 aromatic heterocycles. The topological polar surface area (TPSA) is 51.8 Å². The van der Waals surface area contributed by atoms with Crippen LogP contribution < -0.4 is 5.73 Å². The van der Waals surface area contributed by atoms with Gasteiger partial charge in [0.1, 0.15) is 11.6 Å². The van der Waals surface area contributed by atoms with Crippen molar-refractivity contribution < 1.29 is 0 Å². The maximum atomic E-state index is 5.93. The van der Waals surface area contributed by atoms with Crippen LogP contribution in [0, 0.1) is 6.92 Å². The van der Waals surface area contributed by atoms with Crippen LogP contribution in [0.25, 0.3) is 0 Å².